The van der Waals surface area contributed by atoms with E-state index in [0.29, 0.717) is 0 Å². The largest absolute Gasteiger partial charge is 0.418 e. The molecule has 1 saturated heterocycles. The summed E-state index contributed by atoms with van der Waals surface area (Å²) in [4.78, 5) is 14.5. The lowest BCUT2D eigenvalue weighted by Gasteiger charge is -2.35. The zero-order valence-corrected chi connectivity index (χ0v) is 15.0. The second-order valence-corrected chi connectivity index (χ2v) is 6.90. The molecule has 1 unspecified atom stereocenters. The summed E-state index contributed by atoms with van der Waals surface area (Å²) in [6, 6.07) is 15.4. The van der Waals surface area contributed by atoms with Crippen LogP contribution in [-0.2, 0) is 17.4 Å². The molecular formula is C21H23F3N2O. The van der Waals surface area contributed by atoms with E-state index in [2.05, 4.69) is 22.3 Å². The standard InChI is InChI=1S/C21H23F3N2O/c22-21(23,24)18-11-4-5-12-19(18)25-20(27)15-26-13-7-6-10-17(26)14-16-8-2-1-3-9-16/h1-5,8-9,11-12,17H,6-7,10,13-15H2,(H,25,27). The normalized spacial score (nSPS) is 18.3. The van der Waals surface area contributed by atoms with Gasteiger partial charge < -0.3 is 5.32 Å². The fourth-order valence-electron chi connectivity index (χ4n) is 3.60. The summed E-state index contributed by atoms with van der Waals surface area (Å²) in [6.07, 6.45) is -0.566. The molecule has 6 heteroatoms. The number of nitrogens with one attached hydrogen (secondary N) is 1. The zero-order valence-electron chi connectivity index (χ0n) is 15.0. The van der Waals surface area contributed by atoms with Crippen LogP contribution in [-0.4, -0.2) is 29.9 Å². The minimum absolute atomic E-state index is 0.101. The quantitative estimate of drug-likeness (QED) is 0.817. The highest BCUT2D eigenvalue weighted by Gasteiger charge is 2.34. The molecule has 3 rings (SSSR count). The summed E-state index contributed by atoms with van der Waals surface area (Å²) < 4.78 is 39.3. The number of amides is 1. The van der Waals surface area contributed by atoms with E-state index in [9.17, 15) is 18.0 Å². The Hall–Kier alpha value is -2.34. The van der Waals surface area contributed by atoms with Crippen molar-refractivity contribution in [1.82, 2.24) is 4.90 Å². The van der Waals surface area contributed by atoms with Crippen LogP contribution in [0, 0.1) is 0 Å². The molecule has 2 aromatic rings. The average Bonchev–Trinajstić information content (AvgIpc) is 2.64. The van der Waals surface area contributed by atoms with Gasteiger partial charge in [0.2, 0.25) is 5.91 Å². The highest BCUT2D eigenvalue weighted by Crippen LogP contribution is 2.34. The van der Waals surface area contributed by atoms with Gasteiger partial charge >= 0.3 is 6.18 Å². The highest BCUT2D eigenvalue weighted by molar-refractivity contribution is 5.93. The first-order valence-corrected chi connectivity index (χ1v) is 9.17. The van der Waals surface area contributed by atoms with E-state index in [4.69, 9.17) is 0 Å². The molecule has 1 heterocycles. The van der Waals surface area contributed by atoms with Gasteiger partial charge in [0, 0.05) is 6.04 Å². The van der Waals surface area contributed by atoms with Crippen molar-refractivity contribution >= 4 is 11.6 Å². The van der Waals surface area contributed by atoms with E-state index in [1.165, 1.54) is 23.8 Å². The molecule has 1 atom stereocenters. The number of nitrogens with zero attached hydrogens (tertiary/aromatic N) is 1. The van der Waals surface area contributed by atoms with Crippen LogP contribution in [0.3, 0.4) is 0 Å². The van der Waals surface area contributed by atoms with Crippen molar-refractivity contribution in [3.05, 3.63) is 65.7 Å². The second kappa shape index (κ2) is 8.57. The molecule has 0 bridgehead atoms. The maximum absolute atomic E-state index is 13.1. The predicted molar refractivity (Wildman–Crippen MR) is 99.4 cm³/mol. The van der Waals surface area contributed by atoms with E-state index in [1.54, 1.807) is 0 Å². The summed E-state index contributed by atoms with van der Waals surface area (Å²) in [6.45, 7) is 0.884. The lowest BCUT2D eigenvalue weighted by Crippen LogP contribution is -2.45. The monoisotopic (exact) mass is 376 g/mol. The number of benzene rings is 2. The number of piperidine rings is 1. The first-order valence-electron chi connectivity index (χ1n) is 9.17. The number of anilines is 1. The van der Waals surface area contributed by atoms with Gasteiger partial charge in [-0.05, 0) is 43.5 Å². The summed E-state index contributed by atoms with van der Waals surface area (Å²) in [7, 11) is 0. The number of carbonyl (C=O) groups excluding carboxylic acids is 1. The Bertz CT molecular complexity index is 762. The number of halogens is 3. The molecule has 0 aliphatic carbocycles. The van der Waals surface area contributed by atoms with E-state index >= 15 is 0 Å². The van der Waals surface area contributed by atoms with Gasteiger partial charge in [-0.2, -0.15) is 13.2 Å². The van der Waals surface area contributed by atoms with Crippen LogP contribution in [0.1, 0.15) is 30.4 Å². The lowest BCUT2D eigenvalue weighted by atomic mass is 9.95. The first kappa shape index (κ1) is 19.4. The van der Waals surface area contributed by atoms with Gasteiger partial charge in [-0.15, -0.1) is 0 Å². The van der Waals surface area contributed by atoms with Gasteiger partial charge in [0.25, 0.3) is 0 Å². The van der Waals surface area contributed by atoms with Crippen molar-refractivity contribution in [2.45, 2.75) is 37.9 Å². The Morgan fingerprint density at radius 2 is 1.74 bits per heavy atom. The number of hydrogen-bond donors (Lipinski definition) is 1. The van der Waals surface area contributed by atoms with Crippen LogP contribution >= 0.6 is 0 Å². The zero-order chi connectivity index (χ0) is 19.3. The Labute approximate surface area is 157 Å². The number of hydrogen-bond acceptors (Lipinski definition) is 2. The Morgan fingerprint density at radius 3 is 2.48 bits per heavy atom. The number of para-hydroxylation sites is 1. The molecule has 1 amide bonds. The topological polar surface area (TPSA) is 32.3 Å². The third-order valence-electron chi connectivity index (χ3n) is 4.92. The van der Waals surface area contributed by atoms with E-state index in [0.717, 1.165) is 38.3 Å². The molecule has 27 heavy (non-hydrogen) atoms. The van der Waals surface area contributed by atoms with Gasteiger partial charge in [0.15, 0.2) is 0 Å². The molecular weight excluding hydrogens is 353 g/mol. The first-order chi connectivity index (χ1) is 12.9. The molecule has 144 valence electrons. The Kier molecular flexibility index (Phi) is 6.16. The molecule has 0 saturated carbocycles. The third-order valence-corrected chi connectivity index (χ3v) is 4.92. The molecule has 0 radical (unpaired) electrons. The third kappa shape index (κ3) is 5.32. The van der Waals surface area contributed by atoms with Crippen molar-refractivity contribution in [3.63, 3.8) is 0 Å². The SMILES string of the molecule is O=C(CN1CCCCC1Cc1ccccc1)Nc1ccccc1C(F)(F)F. The van der Waals surface area contributed by atoms with Crippen LogP contribution in [0.25, 0.3) is 0 Å². The number of alkyl halides is 3. The molecule has 1 fully saturated rings. The van der Waals surface area contributed by atoms with Crippen molar-refractivity contribution in [2.75, 3.05) is 18.4 Å². The minimum Gasteiger partial charge on any atom is -0.324 e. The van der Waals surface area contributed by atoms with Crippen molar-refractivity contribution in [1.29, 1.82) is 0 Å². The summed E-state index contributed by atoms with van der Waals surface area (Å²) >= 11 is 0. The molecule has 1 aliphatic heterocycles. The number of carbonyl (C=O) groups is 1. The molecule has 3 nitrogen and oxygen atoms in total. The summed E-state index contributed by atoms with van der Waals surface area (Å²) in [5.41, 5.74) is 0.196. The lowest BCUT2D eigenvalue weighted by molar-refractivity contribution is -0.137. The maximum atomic E-state index is 13.1. The molecule has 0 spiro atoms. The number of rotatable bonds is 5. The Balaban J connectivity index is 1.66. The maximum Gasteiger partial charge on any atom is 0.418 e. The van der Waals surface area contributed by atoms with E-state index in [-0.39, 0.29) is 18.3 Å². The summed E-state index contributed by atoms with van der Waals surface area (Å²) in [5.74, 6) is -0.410. The van der Waals surface area contributed by atoms with Gasteiger partial charge in [-0.3, -0.25) is 9.69 Å². The molecule has 1 N–H and O–H groups in total. The van der Waals surface area contributed by atoms with Crippen molar-refractivity contribution in [3.8, 4) is 0 Å². The van der Waals surface area contributed by atoms with Crippen LogP contribution in [0.4, 0.5) is 18.9 Å². The van der Waals surface area contributed by atoms with Gasteiger partial charge in [-0.1, -0.05) is 48.9 Å². The minimum atomic E-state index is -4.50. The Morgan fingerprint density at radius 1 is 1.04 bits per heavy atom. The summed E-state index contributed by atoms with van der Waals surface area (Å²) in [5, 5.41) is 2.45. The smallest absolute Gasteiger partial charge is 0.324 e. The van der Waals surface area contributed by atoms with Gasteiger partial charge in [0.05, 0.1) is 17.8 Å². The number of likely N-dealkylation sites (tertiary alicyclic amines) is 1. The second-order valence-electron chi connectivity index (χ2n) is 6.90. The predicted octanol–water partition coefficient (Wildman–Crippen LogP) is 4.74. The van der Waals surface area contributed by atoms with Crippen LogP contribution < -0.4 is 5.32 Å². The van der Waals surface area contributed by atoms with Crippen molar-refractivity contribution in [2.24, 2.45) is 0 Å². The van der Waals surface area contributed by atoms with Crippen LogP contribution in [0.2, 0.25) is 0 Å². The average molecular weight is 376 g/mol. The van der Waals surface area contributed by atoms with Crippen LogP contribution in [0.15, 0.2) is 54.6 Å². The van der Waals surface area contributed by atoms with Crippen molar-refractivity contribution < 1.29 is 18.0 Å². The fraction of sp³-hybridized carbons (Fsp3) is 0.381. The van der Waals surface area contributed by atoms with Gasteiger partial charge in [-0.25, -0.2) is 0 Å². The van der Waals surface area contributed by atoms with E-state index in [1.807, 2.05) is 18.2 Å². The molecule has 2 aromatic carbocycles. The fourth-order valence-corrected chi connectivity index (χ4v) is 3.60. The van der Waals surface area contributed by atoms with Crippen LogP contribution in [0.5, 0.6) is 0 Å². The molecule has 1 aliphatic rings. The van der Waals surface area contributed by atoms with Gasteiger partial charge in [0.1, 0.15) is 0 Å². The highest BCUT2D eigenvalue weighted by atomic mass is 19.4. The molecule has 0 aromatic heterocycles. The van der Waals surface area contributed by atoms with E-state index < -0.39 is 17.6 Å².